The third kappa shape index (κ3) is 5.14. The molecule has 2 fully saturated rings. The molecule has 1 unspecified atom stereocenters. The lowest BCUT2D eigenvalue weighted by Crippen LogP contribution is -2.37. The first-order valence-electron chi connectivity index (χ1n) is 10.9. The Hall–Kier alpha value is -2.01. The molecule has 1 atom stereocenters. The number of hydrogen-bond acceptors (Lipinski definition) is 6. The van der Waals surface area contributed by atoms with E-state index in [-0.39, 0.29) is 22.5 Å². The van der Waals surface area contributed by atoms with Crippen molar-refractivity contribution in [2.75, 3.05) is 51.3 Å². The lowest BCUT2D eigenvalue weighted by atomic mass is 10.0. The number of hydrogen-bond donors (Lipinski definition) is 2. The molecule has 3 heterocycles. The molecule has 2 N–H and O–H groups in total. The van der Waals surface area contributed by atoms with Crippen molar-refractivity contribution in [3.8, 4) is 5.75 Å². The zero-order valence-corrected chi connectivity index (χ0v) is 19.9. The van der Waals surface area contributed by atoms with Crippen molar-refractivity contribution in [3.05, 3.63) is 47.8 Å². The van der Waals surface area contributed by atoms with Gasteiger partial charge in [0.05, 0.1) is 13.2 Å². The van der Waals surface area contributed by atoms with Crippen LogP contribution in [-0.4, -0.2) is 79.9 Å². The maximum Gasteiger partial charge on any atom is 0.267 e. The molecule has 2 saturated heterocycles. The maximum atomic E-state index is 12.9. The molecule has 0 spiro atoms. The highest BCUT2D eigenvalue weighted by molar-refractivity contribution is 7.99. The average molecular weight is 479 g/mol. The molecule has 8 nitrogen and oxygen atoms in total. The van der Waals surface area contributed by atoms with E-state index in [2.05, 4.69) is 15.2 Å². The summed E-state index contributed by atoms with van der Waals surface area (Å²) in [6.45, 7) is 3.39. The van der Waals surface area contributed by atoms with Crippen LogP contribution >= 0.6 is 11.8 Å². The predicted molar refractivity (Wildman–Crippen MR) is 126 cm³/mol. The SMILES string of the molecule is COc1cccc(C(CNC(=O)c2cc(S(=O)(=O)N3CCSCC3)c[nH]2)N2CCCC2)c1. The molecule has 0 bridgehead atoms. The van der Waals surface area contributed by atoms with Crippen molar-refractivity contribution in [2.24, 2.45) is 0 Å². The number of carbonyl (C=O) groups is 1. The molecule has 1 aromatic heterocycles. The second kappa shape index (κ2) is 10.3. The summed E-state index contributed by atoms with van der Waals surface area (Å²) >= 11 is 1.75. The zero-order chi connectivity index (χ0) is 22.6. The normalized spacial score (nSPS) is 19.0. The molecule has 2 aliphatic rings. The van der Waals surface area contributed by atoms with E-state index in [1.807, 2.05) is 24.3 Å². The summed E-state index contributed by atoms with van der Waals surface area (Å²) in [6, 6.07) is 9.38. The minimum absolute atomic E-state index is 0.0283. The summed E-state index contributed by atoms with van der Waals surface area (Å²) in [6.07, 6.45) is 3.69. The molecule has 174 valence electrons. The van der Waals surface area contributed by atoms with Crippen LogP contribution in [0, 0.1) is 0 Å². The number of aromatic amines is 1. The van der Waals surface area contributed by atoms with E-state index >= 15 is 0 Å². The van der Waals surface area contributed by atoms with Crippen LogP contribution in [0.2, 0.25) is 0 Å². The molecule has 0 radical (unpaired) electrons. The molecule has 32 heavy (non-hydrogen) atoms. The average Bonchev–Trinajstić information content (AvgIpc) is 3.53. The van der Waals surface area contributed by atoms with Gasteiger partial charge in [-0.1, -0.05) is 12.1 Å². The summed E-state index contributed by atoms with van der Waals surface area (Å²) in [4.78, 5) is 18.2. The minimum atomic E-state index is -3.58. The highest BCUT2D eigenvalue weighted by Crippen LogP contribution is 2.27. The van der Waals surface area contributed by atoms with Crippen LogP contribution in [0.3, 0.4) is 0 Å². The topological polar surface area (TPSA) is 94.7 Å². The fourth-order valence-corrected chi connectivity index (χ4v) is 6.81. The Morgan fingerprint density at radius 2 is 1.94 bits per heavy atom. The van der Waals surface area contributed by atoms with Crippen LogP contribution in [-0.2, 0) is 10.0 Å². The van der Waals surface area contributed by atoms with Crippen LogP contribution in [0.4, 0.5) is 0 Å². The van der Waals surface area contributed by atoms with Gasteiger partial charge in [0.2, 0.25) is 10.0 Å². The van der Waals surface area contributed by atoms with Gasteiger partial charge in [0.15, 0.2) is 0 Å². The predicted octanol–water partition coefficient (Wildman–Crippen LogP) is 2.33. The molecule has 2 aromatic rings. The van der Waals surface area contributed by atoms with Crippen LogP contribution in [0.1, 0.15) is 34.9 Å². The van der Waals surface area contributed by atoms with Gasteiger partial charge in [-0.05, 0) is 49.7 Å². The molecule has 10 heteroatoms. The Kier molecular flexibility index (Phi) is 7.44. The number of ether oxygens (including phenoxy) is 1. The van der Waals surface area contributed by atoms with E-state index in [4.69, 9.17) is 4.74 Å². The first-order chi connectivity index (χ1) is 15.5. The number of rotatable bonds is 8. The number of methoxy groups -OCH3 is 1. The third-order valence-corrected chi connectivity index (χ3v) is 8.84. The van der Waals surface area contributed by atoms with Crippen molar-refractivity contribution >= 4 is 27.7 Å². The van der Waals surface area contributed by atoms with Gasteiger partial charge in [0.1, 0.15) is 16.3 Å². The fraction of sp³-hybridized carbons (Fsp3) is 0.500. The Bertz CT molecular complexity index is 1030. The van der Waals surface area contributed by atoms with E-state index < -0.39 is 10.0 Å². The molecule has 1 aromatic carbocycles. The fourth-order valence-electron chi connectivity index (χ4n) is 4.23. The first-order valence-corrected chi connectivity index (χ1v) is 13.5. The van der Waals surface area contributed by atoms with Gasteiger partial charge in [-0.25, -0.2) is 8.42 Å². The summed E-state index contributed by atoms with van der Waals surface area (Å²) in [7, 11) is -1.94. The van der Waals surface area contributed by atoms with Crippen LogP contribution in [0.25, 0.3) is 0 Å². The van der Waals surface area contributed by atoms with Gasteiger partial charge in [0.25, 0.3) is 5.91 Å². The van der Waals surface area contributed by atoms with E-state index in [9.17, 15) is 13.2 Å². The number of aromatic nitrogens is 1. The number of nitrogens with zero attached hydrogens (tertiary/aromatic N) is 2. The van der Waals surface area contributed by atoms with Gasteiger partial charge in [-0.15, -0.1) is 0 Å². The largest absolute Gasteiger partial charge is 0.497 e. The van der Waals surface area contributed by atoms with E-state index in [0.29, 0.717) is 19.6 Å². The van der Waals surface area contributed by atoms with Crippen molar-refractivity contribution < 1.29 is 17.9 Å². The molecule has 4 rings (SSSR count). The maximum absolute atomic E-state index is 12.9. The number of H-pyrrole nitrogens is 1. The van der Waals surface area contributed by atoms with Gasteiger partial charge < -0.3 is 15.0 Å². The summed E-state index contributed by atoms with van der Waals surface area (Å²) < 4.78 is 32.6. The van der Waals surface area contributed by atoms with Crippen molar-refractivity contribution in [3.63, 3.8) is 0 Å². The second-order valence-electron chi connectivity index (χ2n) is 8.01. The van der Waals surface area contributed by atoms with Crippen molar-refractivity contribution in [1.82, 2.24) is 19.5 Å². The van der Waals surface area contributed by atoms with Crippen molar-refractivity contribution in [1.29, 1.82) is 0 Å². The Labute approximate surface area is 193 Å². The molecular weight excluding hydrogens is 448 g/mol. The third-order valence-electron chi connectivity index (χ3n) is 6.02. The Morgan fingerprint density at radius 1 is 1.19 bits per heavy atom. The number of sulfonamides is 1. The second-order valence-corrected chi connectivity index (χ2v) is 11.2. The molecule has 0 aliphatic carbocycles. The molecule has 0 saturated carbocycles. The number of amides is 1. The quantitative estimate of drug-likeness (QED) is 0.605. The first kappa shape index (κ1) is 23.2. The van der Waals surface area contributed by atoms with Gasteiger partial charge in [0, 0.05) is 37.3 Å². The van der Waals surface area contributed by atoms with E-state index in [0.717, 1.165) is 48.7 Å². The lowest BCUT2D eigenvalue weighted by molar-refractivity contribution is 0.0933. The van der Waals surface area contributed by atoms with Crippen LogP contribution in [0.5, 0.6) is 5.75 Å². The number of likely N-dealkylation sites (tertiary alicyclic amines) is 1. The summed E-state index contributed by atoms with van der Waals surface area (Å²) in [5.41, 5.74) is 1.34. The highest BCUT2D eigenvalue weighted by atomic mass is 32.2. The molecule has 1 amide bonds. The van der Waals surface area contributed by atoms with E-state index in [1.54, 1.807) is 18.9 Å². The zero-order valence-electron chi connectivity index (χ0n) is 18.2. The smallest absolute Gasteiger partial charge is 0.267 e. The molecule has 2 aliphatic heterocycles. The number of carbonyl (C=O) groups excluding carboxylic acids is 1. The standard InChI is InChI=1S/C22H30N4O4S2/c1-30-18-6-4-5-17(13-18)21(25-7-2-3-8-25)16-24-22(27)20-14-19(15-23-20)32(28,29)26-9-11-31-12-10-26/h4-6,13-15,21,23H,2-3,7-12,16H2,1H3,(H,24,27). The van der Waals surface area contributed by atoms with Gasteiger partial charge in [-0.3, -0.25) is 9.69 Å². The van der Waals surface area contributed by atoms with Gasteiger partial charge in [-0.2, -0.15) is 16.1 Å². The summed E-state index contributed by atoms with van der Waals surface area (Å²) in [5, 5.41) is 2.99. The Balaban J connectivity index is 1.45. The summed E-state index contributed by atoms with van der Waals surface area (Å²) in [5.74, 6) is 2.05. The Morgan fingerprint density at radius 3 is 2.66 bits per heavy atom. The number of thioether (sulfide) groups is 1. The molecular formula is C22H30N4O4S2. The van der Waals surface area contributed by atoms with Crippen LogP contribution < -0.4 is 10.1 Å². The van der Waals surface area contributed by atoms with Crippen LogP contribution in [0.15, 0.2) is 41.4 Å². The van der Waals surface area contributed by atoms with E-state index in [1.165, 1.54) is 16.6 Å². The minimum Gasteiger partial charge on any atom is -0.497 e. The number of nitrogens with one attached hydrogen (secondary N) is 2. The monoisotopic (exact) mass is 478 g/mol. The highest BCUT2D eigenvalue weighted by Gasteiger charge is 2.28. The van der Waals surface area contributed by atoms with Crippen molar-refractivity contribution in [2.45, 2.75) is 23.8 Å². The lowest BCUT2D eigenvalue weighted by Gasteiger charge is -2.28. The van der Waals surface area contributed by atoms with Gasteiger partial charge >= 0.3 is 0 Å². The number of benzene rings is 1.